The first kappa shape index (κ1) is 14.2. The third-order valence-corrected chi connectivity index (χ3v) is 0.582. The molecule has 1 atom stereocenters. The Kier molecular flexibility index (Phi) is 8.73. The molecule has 12 heavy (non-hydrogen) atoms. The van der Waals surface area contributed by atoms with Gasteiger partial charge in [0, 0.05) is 13.0 Å². The average Bonchev–Trinajstić information content (AvgIpc) is 1.85. The molecule has 0 radical (unpaired) electrons. The molecule has 0 fully saturated rings. The third-order valence-electron chi connectivity index (χ3n) is 0.582. The van der Waals surface area contributed by atoms with E-state index in [1.165, 1.54) is 0 Å². The topological polar surface area (TPSA) is 144 Å². The maximum absolute atomic E-state index is 9.53. The smallest absolute Gasteiger partial charge is 0.148 e. The van der Waals surface area contributed by atoms with E-state index in [0.29, 0.717) is 6.29 Å². The van der Waals surface area contributed by atoms with Crippen LogP contribution in [-0.2, 0) is 9.36 Å². The Balaban J connectivity index is 0. The van der Waals surface area contributed by atoms with Gasteiger partial charge in [-0.05, 0) is 0 Å². The maximum Gasteiger partial charge on any atom is 0.148 e. The van der Waals surface area contributed by atoms with Gasteiger partial charge in [-0.2, -0.15) is 7.82 Å². The van der Waals surface area contributed by atoms with Crippen LogP contribution in [0.1, 0.15) is 6.42 Å². The van der Waals surface area contributed by atoms with Gasteiger partial charge in [0.15, 0.2) is 0 Å². The molecule has 0 bridgehead atoms. The van der Waals surface area contributed by atoms with Gasteiger partial charge in [-0.1, -0.05) is 0 Å². The van der Waals surface area contributed by atoms with Crippen LogP contribution in [0, 0.1) is 0 Å². The van der Waals surface area contributed by atoms with Crippen molar-refractivity contribution in [3.8, 4) is 0 Å². The summed E-state index contributed by atoms with van der Waals surface area (Å²) >= 11 is 0. The summed E-state index contributed by atoms with van der Waals surface area (Å²) in [6, 6.07) is 0. The highest BCUT2D eigenvalue weighted by molar-refractivity contribution is 7.40. The van der Waals surface area contributed by atoms with Crippen LogP contribution in [0.4, 0.5) is 0 Å². The zero-order valence-electron chi connectivity index (χ0n) is 5.95. The number of aliphatic hydroxyl groups is 2. The summed E-state index contributed by atoms with van der Waals surface area (Å²) in [7, 11) is -5.39. The minimum absolute atomic E-state index is 0.139. The van der Waals surface area contributed by atoms with E-state index in [9.17, 15) is 4.79 Å². The second kappa shape index (κ2) is 7.35. The van der Waals surface area contributed by atoms with Crippen LogP contribution in [0.2, 0.25) is 0 Å². The molecule has 0 rings (SSSR count). The molecule has 0 aromatic heterocycles. The lowest BCUT2D eigenvalue weighted by Crippen LogP contribution is -2.24. The van der Waals surface area contributed by atoms with Crippen molar-refractivity contribution in [1.29, 1.82) is 0 Å². The van der Waals surface area contributed by atoms with Gasteiger partial charge in [-0.25, -0.2) is 0 Å². The molecule has 0 aliphatic carbocycles. The molecular formula is C4H8O7P-3. The van der Waals surface area contributed by atoms with E-state index in [0.717, 1.165) is 0 Å². The molecule has 0 amide bonds. The number of aliphatic hydroxyl groups excluding tert-OH is 2. The molecule has 0 aliphatic heterocycles. The quantitative estimate of drug-likeness (QED) is 0.349. The first-order valence-corrected chi connectivity index (χ1v) is 4.24. The van der Waals surface area contributed by atoms with E-state index in [1.54, 1.807) is 0 Å². The molecule has 0 heterocycles. The summed E-state index contributed by atoms with van der Waals surface area (Å²) in [5.41, 5.74) is 0. The van der Waals surface area contributed by atoms with Gasteiger partial charge in [0.1, 0.15) is 12.4 Å². The van der Waals surface area contributed by atoms with Gasteiger partial charge in [-0.15, -0.1) is 0 Å². The summed E-state index contributed by atoms with van der Waals surface area (Å²) in [5, 5.41) is 16.4. The Morgan fingerprint density at radius 2 is 1.75 bits per heavy atom. The Morgan fingerprint density at radius 1 is 1.42 bits per heavy atom. The van der Waals surface area contributed by atoms with Crippen molar-refractivity contribution in [3.63, 3.8) is 0 Å². The predicted octanol–water partition coefficient (Wildman–Crippen LogP) is -3.90. The van der Waals surface area contributed by atoms with E-state index in [4.69, 9.17) is 29.5 Å². The molecule has 0 saturated heterocycles. The second-order valence-electron chi connectivity index (χ2n) is 1.66. The molecule has 1 unspecified atom stereocenters. The monoisotopic (exact) mass is 199 g/mol. The van der Waals surface area contributed by atoms with Gasteiger partial charge in [0.05, 0.1) is 0 Å². The molecule has 2 N–H and O–H groups in total. The van der Waals surface area contributed by atoms with Crippen molar-refractivity contribution in [2.24, 2.45) is 0 Å². The van der Waals surface area contributed by atoms with Crippen molar-refractivity contribution in [2.45, 2.75) is 12.5 Å². The number of aldehydes is 1. The first-order chi connectivity index (χ1) is 5.31. The number of hydrogen-bond acceptors (Lipinski definition) is 7. The van der Waals surface area contributed by atoms with Crippen LogP contribution < -0.4 is 14.7 Å². The molecule has 0 saturated carbocycles. The molecule has 0 aliphatic rings. The Labute approximate surface area is 68.5 Å². The molecule has 0 spiro atoms. The van der Waals surface area contributed by atoms with Crippen LogP contribution >= 0.6 is 7.82 Å². The normalized spacial score (nSPS) is 12.8. The zero-order valence-corrected chi connectivity index (χ0v) is 6.85. The predicted molar refractivity (Wildman–Crippen MR) is 31.4 cm³/mol. The minimum atomic E-state index is -5.39. The summed E-state index contributed by atoms with van der Waals surface area (Å²) in [6.45, 7) is -0.139. The number of carbonyl (C=O) groups excluding carboxylic acids is 1. The van der Waals surface area contributed by atoms with E-state index >= 15 is 0 Å². The highest BCUT2D eigenvalue weighted by Gasteiger charge is 1.96. The van der Waals surface area contributed by atoms with Gasteiger partial charge < -0.3 is 34.3 Å². The zero-order chi connectivity index (χ0) is 10.2. The van der Waals surface area contributed by atoms with Crippen LogP contribution in [0.3, 0.4) is 0 Å². The van der Waals surface area contributed by atoms with Crippen LogP contribution in [0.25, 0.3) is 0 Å². The third kappa shape index (κ3) is 33.2. The van der Waals surface area contributed by atoms with E-state index in [1.807, 2.05) is 0 Å². The van der Waals surface area contributed by atoms with Crippen molar-refractivity contribution in [2.75, 3.05) is 6.61 Å². The summed E-state index contributed by atoms with van der Waals surface area (Å²) < 4.78 is 8.55. The average molecular weight is 199 g/mol. The minimum Gasteiger partial charge on any atom is -0.822 e. The van der Waals surface area contributed by atoms with Gasteiger partial charge in [0.25, 0.3) is 0 Å². The number of carbonyl (C=O) groups is 1. The molecule has 0 aromatic carbocycles. The van der Waals surface area contributed by atoms with Gasteiger partial charge in [-0.3, -0.25) is 0 Å². The molecule has 8 heteroatoms. The fourth-order valence-corrected chi connectivity index (χ4v) is 0.200. The largest absolute Gasteiger partial charge is 0.822 e. The van der Waals surface area contributed by atoms with Crippen molar-refractivity contribution in [3.05, 3.63) is 0 Å². The summed E-state index contributed by atoms with van der Waals surface area (Å²) in [6.07, 6.45) is -0.440. The molecule has 74 valence electrons. The van der Waals surface area contributed by atoms with E-state index < -0.39 is 13.9 Å². The van der Waals surface area contributed by atoms with Gasteiger partial charge >= 0.3 is 0 Å². The maximum atomic E-state index is 9.53. The molecular weight excluding hydrogens is 191 g/mol. The van der Waals surface area contributed by atoms with Gasteiger partial charge in [0.2, 0.25) is 0 Å². The summed E-state index contributed by atoms with van der Waals surface area (Å²) in [5.74, 6) is 0. The lowest BCUT2D eigenvalue weighted by molar-refractivity contribution is -0.432. The van der Waals surface area contributed by atoms with Crippen molar-refractivity contribution in [1.82, 2.24) is 0 Å². The number of rotatable bonds is 3. The second-order valence-corrected chi connectivity index (χ2v) is 2.56. The van der Waals surface area contributed by atoms with Crippen LogP contribution in [-0.4, -0.2) is 29.2 Å². The first-order valence-electron chi connectivity index (χ1n) is 2.78. The van der Waals surface area contributed by atoms with Crippen molar-refractivity contribution >= 4 is 14.1 Å². The number of phosphoric acid groups is 1. The standard InChI is InChI=1S/C4H8O3.H3O4P/c5-2-1-4(7)3-6;1-5(2,3)4/h3-5,7H,1-2H2;(H3,1,2,3,4)/p-3. The molecule has 0 aromatic rings. The Hall–Kier alpha value is -0.300. The highest BCUT2D eigenvalue weighted by atomic mass is 31.2. The van der Waals surface area contributed by atoms with Crippen molar-refractivity contribution < 1.29 is 34.3 Å². The lowest BCUT2D eigenvalue weighted by Gasteiger charge is -2.36. The fourth-order valence-electron chi connectivity index (χ4n) is 0.200. The van der Waals surface area contributed by atoms with E-state index in [-0.39, 0.29) is 13.0 Å². The number of hydrogen-bond donors (Lipinski definition) is 2. The van der Waals surface area contributed by atoms with E-state index in [2.05, 4.69) is 0 Å². The lowest BCUT2D eigenvalue weighted by atomic mass is 10.3. The summed E-state index contributed by atoms with van der Waals surface area (Å²) in [4.78, 5) is 35.2. The fraction of sp³-hybridized carbons (Fsp3) is 0.750. The van der Waals surface area contributed by atoms with Crippen LogP contribution in [0.5, 0.6) is 0 Å². The highest BCUT2D eigenvalue weighted by Crippen LogP contribution is 2.03. The van der Waals surface area contributed by atoms with Crippen LogP contribution in [0.15, 0.2) is 0 Å². The Morgan fingerprint density at radius 3 is 1.83 bits per heavy atom. The SMILES string of the molecule is O=CC(O)CCO.O=P([O-])([O-])[O-]. The Bertz CT molecular complexity index is 143. The molecule has 7 nitrogen and oxygen atoms in total.